The molecule has 1 aliphatic heterocycles. The van der Waals surface area contributed by atoms with E-state index >= 15 is 0 Å². The van der Waals surface area contributed by atoms with Gasteiger partial charge in [0.2, 0.25) is 0 Å². The molecule has 1 aromatic carbocycles. The van der Waals surface area contributed by atoms with E-state index in [9.17, 15) is 0 Å². The monoisotopic (exact) mass is 233 g/mol. The van der Waals surface area contributed by atoms with E-state index < -0.39 is 0 Å². The third kappa shape index (κ3) is 3.22. The fourth-order valence-corrected chi connectivity index (χ4v) is 2.19. The molecule has 94 valence electrons. The number of aryl methyl sites for hydroxylation is 1. The fraction of sp³-hybridized carbons (Fsp3) is 0.600. The third-order valence-electron chi connectivity index (χ3n) is 3.61. The van der Waals surface area contributed by atoms with Crippen LogP contribution in [-0.2, 0) is 11.2 Å². The quantitative estimate of drug-likeness (QED) is 0.861. The molecule has 2 heteroatoms. The number of hydrogen-bond acceptors (Lipinski definition) is 2. The number of anilines is 1. The van der Waals surface area contributed by atoms with Gasteiger partial charge in [-0.3, -0.25) is 0 Å². The maximum Gasteiger partial charge on any atom is 0.0757 e. The van der Waals surface area contributed by atoms with Gasteiger partial charge in [0.05, 0.1) is 11.7 Å². The predicted molar refractivity (Wildman–Crippen MR) is 72.5 cm³/mol. The van der Waals surface area contributed by atoms with Crippen LogP contribution >= 0.6 is 0 Å². The number of rotatable bonds is 3. The van der Waals surface area contributed by atoms with E-state index in [2.05, 4.69) is 50.4 Å². The summed E-state index contributed by atoms with van der Waals surface area (Å²) in [4.78, 5) is 0. The lowest BCUT2D eigenvalue weighted by atomic mass is 10.0. The fourth-order valence-electron chi connectivity index (χ4n) is 2.19. The Morgan fingerprint density at radius 3 is 2.88 bits per heavy atom. The van der Waals surface area contributed by atoms with Gasteiger partial charge in [-0.15, -0.1) is 0 Å². The van der Waals surface area contributed by atoms with Crippen molar-refractivity contribution in [2.75, 3.05) is 11.9 Å². The van der Waals surface area contributed by atoms with Crippen molar-refractivity contribution in [3.8, 4) is 0 Å². The Balaban J connectivity index is 2.00. The van der Waals surface area contributed by atoms with Crippen molar-refractivity contribution in [2.45, 2.75) is 51.7 Å². The highest BCUT2D eigenvalue weighted by molar-refractivity contribution is 5.52. The number of nitrogens with one attached hydrogen (secondary N) is 1. The number of ether oxygens (including phenoxy) is 1. The summed E-state index contributed by atoms with van der Waals surface area (Å²) >= 11 is 0. The molecule has 2 rings (SSSR count). The van der Waals surface area contributed by atoms with Gasteiger partial charge in [-0.1, -0.05) is 25.1 Å². The van der Waals surface area contributed by atoms with E-state index in [1.165, 1.54) is 11.3 Å². The van der Waals surface area contributed by atoms with Crippen molar-refractivity contribution >= 4 is 5.69 Å². The number of benzene rings is 1. The standard InChI is InChI=1S/C15H23NO/c1-4-15(2,3)17-13-10-9-12-7-5-6-8-14(12)16-11-13/h5-8,13,16H,4,9-11H2,1-3H3. The van der Waals surface area contributed by atoms with Crippen molar-refractivity contribution in [2.24, 2.45) is 0 Å². The zero-order valence-electron chi connectivity index (χ0n) is 11.1. The summed E-state index contributed by atoms with van der Waals surface area (Å²) in [6.45, 7) is 7.44. The van der Waals surface area contributed by atoms with Crippen LogP contribution in [0.2, 0.25) is 0 Å². The van der Waals surface area contributed by atoms with E-state index in [4.69, 9.17) is 4.74 Å². The summed E-state index contributed by atoms with van der Waals surface area (Å²) in [5, 5.41) is 3.50. The largest absolute Gasteiger partial charge is 0.382 e. The second-order valence-electron chi connectivity index (χ2n) is 5.43. The Kier molecular flexibility index (Phi) is 3.72. The molecule has 0 aliphatic carbocycles. The first-order valence-corrected chi connectivity index (χ1v) is 6.60. The molecule has 1 heterocycles. The molecule has 1 aliphatic rings. The molecule has 1 N–H and O–H groups in total. The Labute approximate surface area is 104 Å². The molecule has 1 atom stereocenters. The summed E-state index contributed by atoms with van der Waals surface area (Å²) in [6.07, 6.45) is 3.58. The van der Waals surface area contributed by atoms with Gasteiger partial charge in [0, 0.05) is 12.2 Å². The van der Waals surface area contributed by atoms with Crippen molar-refractivity contribution in [3.05, 3.63) is 29.8 Å². The summed E-state index contributed by atoms with van der Waals surface area (Å²) in [7, 11) is 0. The Morgan fingerprint density at radius 2 is 2.12 bits per heavy atom. The minimum absolute atomic E-state index is 0.0110. The van der Waals surface area contributed by atoms with Gasteiger partial charge in [0.1, 0.15) is 0 Å². The SMILES string of the molecule is CCC(C)(C)OC1CCc2ccccc2NC1. The zero-order valence-corrected chi connectivity index (χ0v) is 11.1. The molecule has 0 amide bonds. The van der Waals surface area contributed by atoms with Crippen LogP contribution in [0.1, 0.15) is 39.2 Å². The molecule has 0 fully saturated rings. The molecule has 0 saturated heterocycles. The number of fused-ring (bicyclic) bond motifs is 1. The van der Waals surface area contributed by atoms with Gasteiger partial charge in [0.25, 0.3) is 0 Å². The second-order valence-corrected chi connectivity index (χ2v) is 5.43. The summed E-state index contributed by atoms with van der Waals surface area (Å²) in [5.74, 6) is 0. The van der Waals surface area contributed by atoms with Crippen LogP contribution < -0.4 is 5.32 Å². The molecule has 0 saturated carbocycles. The first-order valence-electron chi connectivity index (χ1n) is 6.60. The van der Waals surface area contributed by atoms with Crippen LogP contribution in [0.4, 0.5) is 5.69 Å². The van der Waals surface area contributed by atoms with Gasteiger partial charge in [-0.25, -0.2) is 0 Å². The number of hydrogen-bond donors (Lipinski definition) is 1. The van der Waals surface area contributed by atoms with Crippen molar-refractivity contribution < 1.29 is 4.74 Å². The molecule has 0 bridgehead atoms. The highest BCUT2D eigenvalue weighted by Gasteiger charge is 2.23. The van der Waals surface area contributed by atoms with Crippen LogP contribution in [0, 0.1) is 0 Å². The number of para-hydroxylation sites is 1. The second kappa shape index (κ2) is 5.09. The van der Waals surface area contributed by atoms with Crippen LogP contribution in [0.25, 0.3) is 0 Å². The Morgan fingerprint density at radius 1 is 1.35 bits per heavy atom. The first-order chi connectivity index (χ1) is 8.11. The summed E-state index contributed by atoms with van der Waals surface area (Å²) in [5.41, 5.74) is 2.67. The lowest BCUT2D eigenvalue weighted by molar-refractivity contribution is -0.0697. The van der Waals surface area contributed by atoms with Crippen molar-refractivity contribution in [1.82, 2.24) is 0 Å². The van der Waals surface area contributed by atoms with Gasteiger partial charge >= 0.3 is 0 Å². The van der Waals surface area contributed by atoms with E-state index in [-0.39, 0.29) is 5.60 Å². The van der Waals surface area contributed by atoms with Crippen molar-refractivity contribution in [3.63, 3.8) is 0 Å². The average Bonchev–Trinajstić information content (AvgIpc) is 2.52. The minimum atomic E-state index is -0.0110. The van der Waals surface area contributed by atoms with Gasteiger partial charge in [-0.2, -0.15) is 0 Å². The van der Waals surface area contributed by atoms with Gasteiger partial charge in [-0.05, 0) is 44.7 Å². The highest BCUT2D eigenvalue weighted by Crippen LogP contribution is 2.25. The summed E-state index contributed by atoms with van der Waals surface area (Å²) < 4.78 is 6.18. The Hall–Kier alpha value is -1.02. The molecular formula is C15H23NO. The van der Waals surface area contributed by atoms with Gasteiger partial charge < -0.3 is 10.1 Å². The average molecular weight is 233 g/mol. The molecule has 1 aromatic rings. The summed E-state index contributed by atoms with van der Waals surface area (Å²) in [6, 6.07) is 8.55. The third-order valence-corrected chi connectivity index (χ3v) is 3.61. The molecule has 0 spiro atoms. The normalized spacial score (nSPS) is 20.3. The lowest BCUT2D eigenvalue weighted by Crippen LogP contribution is -2.33. The Bertz CT molecular complexity index is 346. The molecular weight excluding hydrogens is 210 g/mol. The molecule has 1 unspecified atom stereocenters. The minimum Gasteiger partial charge on any atom is -0.382 e. The van der Waals surface area contributed by atoms with Crippen LogP contribution in [0.5, 0.6) is 0 Å². The van der Waals surface area contributed by atoms with E-state index in [0.717, 1.165) is 25.8 Å². The van der Waals surface area contributed by atoms with E-state index in [1.807, 2.05) is 0 Å². The van der Waals surface area contributed by atoms with Crippen LogP contribution in [0.3, 0.4) is 0 Å². The molecule has 2 nitrogen and oxygen atoms in total. The van der Waals surface area contributed by atoms with Crippen LogP contribution in [0.15, 0.2) is 24.3 Å². The molecule has 17 heavy (non-hydrogen) atoms. The first kappa shape index (κ1) is 12.4. The molecule has 0 aromatic heterocycles. The van der Waals surface area contributed by atoms with E-state index in [1.54, 1.807) is 0 Å². The van der Waals surface area contributed by atoms with Gasteiger partial charge in [0.15, 0.2) is 0 Å². The molecule has 0 radical (unpaired) electrons. The van der Waals surface area contributed by atoms with Crippen LogP contribution in [-0.4, -0.2) is 18.2 Å². The highest BCUT2D eigenvalue weighted by atomic mass is 16.5. The maximum atomic E-state index is 6.18. The smallest absolute Gasteiger partial charge is 0.0757 e. The lowest BCUT2D eigenvalue weighted by Gasteiger charge is -2.29. The van der Waals surface area contributed by atoms with E-state index in [0.29, 0.717) is 6.10 Å². The maximum absolute atomic E-state index is 6.18. The van der Waals surface area contributed by atoms with Crippen molar-refractivity contribution in [1.29, 1.82) is 0 Å². The zero-order chi connectivity index (χ0) is 12.3. The topological polar surface area (TPSA) is 21.3 Å². The predicted octanol–water partition coefficient (Wildman–Crippen LogP) is 3.62.